The van der Waals surface area contributed by atoms with Crippen molar-refractivity contribution in [2.24, 2.45) is 0 Å². The number of carboxylic acid groups (broad SMARTS) is 1. The number of rotatable bonds is 4. The van der Waals surface area contributed by atoms with Crippen LogP contribution in [0.2, 0.25) is 0 Å². The second-order valence-electron chi connectivity index (χ2n) is 2.14. The van der Waals surface area contributed by atoms with Crippen LogP contribution in [0.4, 0.5) is 0 Å². The highest BCUT2D eigenvalue weighted by molar-refractivity contribution is 7.49. The summed E-state index contributed by atoms with van der Waals surface area (Å²) < 4.78 is 16.4. The first-order valence-corrected chi connectivity index (χ1v) is 5.83. The minimum absolute atomic E-state index is 0.125. The molecule has 0 unspecified atom stereocenters. The van der Waals surface area contributed by atoms with Crippen molar-refractivity contribution in [2.75, 3.05) is 13.2 Å². The molecule has 0 bridgehead atoms. The highest BCUT2D eigenvalue weighted by atomic mass is 35.5. The third-order valence-electron chi connectivity index (χ3n) is 0.639. The van der Waals surface area contributed by atoms with Gasteiger partial charge in [-0.3, -0.25) is 0 Å². The average molecular weight is 315 g/mol. The Morgan fingerprint density at radius 1 is 1.29 bits per heavy atom. The van der Waals surface area contributed by atoms with Crippen LogP contribution >= 0.6 is 31.6 Å². The average Bonchev–Trinajstić information content (AvgIpc) is 2.30. The Bertz CT molecular complexity index is 236. The molecule has 0 fully saturated rings. The molecule has 0 heterocycles. The van der Waals surface area contributed by atoms with Crippen LogP contribution in [0.1, 0.15) is 6.92 Å². The Labute approximate surface area is 108 Å². The van der Waals surface area contributed by atoms with E-state index in [0.29, 0.717) is 0 Å². The molecule has 0 aliphatic heterocycles. The van der Waals surface area contributed by atoms with Crippen LogP contribution in [0, 0.1) is 0 Å². The summed E-state index contributed by atoms with van der Waals surface area (Å²) in [5.74, 6) is -0.935. The van der Waals surface area contributed by atoms with Crippen LogP contribution in [0.3, 0.4) is 0 Å². The highest BCUT2D eigenvalue weighted by Gasteiger charge is 2.18. The van der Waals surface area contributed by atoms with E-state index < -0.39 is 13.8 Å². The van der Waals surface area contributed by atoms with Crippen molar-refractivity contribution in [1.82, 2.24) is 0 Å². The zero-order chi connectivity index (χ0) is 14.5. The van der Waals surface area contributed by atoms with Crippen molar-refractivity contribution >= 4 is 37.5 Å². The van der Waals surface area contributed by atoms with Crippen molar-refractivity contribution in [3.8, 4) is 0 Å². The number of phosphoric acid groups is 1. The van der Waals surface area contributed by atoms with Gasteiger partial charge >= 0.3 is 13.8 Å². The first-order valence-electron chi connectivity index (χ1n) is 3.72. The molecule has 0 aliphatic carbocycles. The summed E-state index contributed by atoms with van der Waals surface area (Å²) in [4.78, 5) is 17.6. The predicted octanol–water partition coefficient (Wildman–Crippen LogP) is 1.05. The van der Waals surface area contributed by atoms with E-state index in [1.807, 2.05) is 0 Å². The number of aliphatic carboxylic acids is 1. The lowest BCUT2D eigenvalue weighted by Gasteiger charge is -1.95. The molecule has 0 spiro atoms. The normalized spacial score (nSPS) is 9.29. The van der Waals surface area contributed by atoms with Gasteiger partial charge in [-0.05, 0) is 6.92 Å². The first-order chi connectivity index (χ1) is 7.68. The second kappa shape index (κ2) is 13.9. The zero-order valence-corrected chi connectivity index (χ0v) is 11.2. The molecule has 8 nitrogen and oxygen atoms in total. The van der Waals surface area contributed by atoms with E-state index in [1.54, 1.807) is 0 Å². The zero-order valence-electron chi connectivity index (χ0n) is 8.75. The third-order valence-corrected chi connectivity index (χ3v) is 2.03. The van der Waals surface area contributed by atoms with Gasteiger partial charge in [0.25, 0.3) is 0 Å². The topological polar surface area (TPSA) is 134 Å². The van der Waals surface area contributed by atoms with Crippen molar-refractivity contribution in [3.05, 3.63) is 12.2 Å². The first kappa shape index (κ1) is 22.0. The molecule has 104 valence electrons. The fourth-order valence-corrected chi connectivity index (χ4v) is 0.287. The minimum atomic E-state index is -4.12. The monoisotopic (exact) mass is 314 g/mol. The van der Waals surface area contributed by atoms with Gasteiger partial charge in [0, 0.05) is 5.57 Å². The van der Waals surface area contributed by atoms with Crippen LogP contribution in [0.5, 0.6) is 0 Å². The van der Waals surface area contributed by atoms with Gasteiger partial charge in [0.1, 0.15) is 0 Å². The number of aliphatic hydroxyl groups is 2. The minimum Gasteiger partial charge on any atom is -0.478 e. The van der Waals surface area contributed by atoms with E-state index >= 15 is 0 Å². The quantitative estimate of drug-likeness (QED) is 0.447. The van der Waals surface area contributed by atoms with Gasteiger partial charge in [0.05, 0.1) is 36.9 Å². The molecule has 11 heteroatoms. The Kier molecular flexibility index (Phi) is 18.0. The second-order valence-corrected chi connectivity index (χ2v) is 4.18. The van der Waals surface area contributed by atoms with Crippen molar-refractivity contribution in [3.63, 3.8) is 0 Å². The standard InChI is InChI=1S/C4H6O2.C2H6O2.Cl2HO4P/c1-3(2)4(5)6;3-1-2-4;1-5-7(3,4)6-2/h1H2,2H3,(H,5,6);3-4H,1-2H2;(H,3,4). The van der Waals surface area contributed by atoms with E-state index in [0.717, 1.165) is 0 Å². The van der Waals surface area contributed by atoms with Crippen LogP contribution < -0.4 is 0 Å². The van der Waals surface area contributed by atoms with Crippen LogP contribution in [0.15, 0.2) is 12.2 Å². The molecule has 0 rings (SSSR count). The summed E-state index contributed by atoms with van der Waals surface area (Å²) in [6, 6.07) is 0. The van der Waals surface area contributed by atoms with Gasteiger partial charge in [0.2, 0.25) is 0 Å². The summed E-state index contributed by atoms with van der Waals surface area (Å²) in [5, 5.41) is 23.1. The molecule has 4 N–H and O–H groups in total. The summed E-state index contributed by atoms with van der Waals surface area (Å²) in [7, 11) is -4.12. The lowest BCUT2D eigenvalue weighted by Crippen LogP contribution is -1.92. The molecule has 0 saturated heterocycles. The van der Waals surface area contributed by atoms with E-state index in [9.17, 15) is 9.36 Å². The van der Waals surface area contributed by atoms with Gasteiger partial charge in [-0.2, -0.15) is 8.15 Å². The highest BCUT2D eigenvalue weighted by Crippen LogP contribution is 2.45. The van der Waals surface area contributed by atoms with Crippen molar-refractivity contribution in [1.29, 1.82) is 0 Å². The number of hydrogen-bond acceptors (Lipinski definition) is 6. The van der Waals surface area contributed by atoms with E-state index in [-0.39, 0.29) is 18.8 Å². The molecule has 0 aromatic carbocycles. The van der Waals surface area contributed by atoms with E-state index in [4.69, 9.17) is 20.2 Å². The van der Waals surface area contributed by atoms with Crippen molar-refractivity contribution in [2.45, 2.75) is 6.92 Å². The smallest absolute Gasteiger partial charge is 0.478 e. The predicted molar refractivity (Wildman–Crippen MR) is 60.3 cm³/mol. The van der Waals surface area contributed by atoms with Gasteiger partial charge in [0.15, 0.2) is 0 Å². The molecule has 0 aliphatic rings. The molecule has 0 aromatic rings. The lowest BCUT2D eigenvalue weighted by atomic mass is 10.4. The molecule has 0 radical (unpaired) electrons. The van der Waals surface area contributed by atoms with Gasteiger partial charge in [-0.1, -0.05) is 6.58 Å². The number of carbonyl (C=O) groups is 1. The molecular formula is C6H13Cl2O8P. The number of hydrogen-bond donors (Lipinski definition) is 4. The molecule has 0 aromatic heterocycles. The van der Waals surface area contributed by atoms with Gasteiger partial charge in [-0.15, -0.1) is 0 Å². The van der Waals surface area contributed by atoms with Gasteiger partial charge < -0.3 is 20.2 Å². The van der Waals surface area contributed by atoms with Crippen molar-refractivity contribution < 1.29 is 37.7 Å². The van der Waals surface area contributed by atoms with Crippen LogP contribution in [-0.4, -0.2) is 39.4 Å². The Morgan fingerprint density at radius 3 is 1.53 bits per heavy atom. The fraction of sp³-hybridized carbons (Fsp3) is 0.500. The molecule has 0 amide bonds. The van der Waals surface area contributed by atoms with Crippen LogP contribution in [0.25, 0.3) is 0 Å². The summed E-state index contributed by atoms with van der Waals surface area (Å²) >= 11 is 8.74. The fourth-order valence-electron chi connectivity index (χ4n) is 0.0106. The number of halogens is 2. The van der Waals surface area contributed by atoms with E-state index in [2.05, 4.69) is 38.5 Å². The molecule has 17 heavy (non-hydrogen) atoms. The maximum absolute atomic E-state index is 9.80. The number of aliphatic hydroxyl groups excluding tert-OH is 2. The third kappa shape index (κ3) is 25.8. The van der Waals surface area contributed by atoms with Gasteiger partial charge in [-0.25, -0.2) is 9.36 Å². The summed E-state index contributed by atoms with van der Waals surface area (Å²) in [6.45, 7) is 4.35. The Hall–Kier alpha value is -0.180. The SMILES string of the molecule is C=C(C)C(=O)O.O=P(O)(OCl)OCl.OCCO. The van der Waals surface area contributed by atoms with Crippen LogP contribution in [-0.2, 0) is 17.5 Å². The number of carboxylic acids is 1. The molecule has 0 saturated carbocycles. The summed E-state index contributed by atoms with van der Waals surface area (Å²) in [6.07, 6.45) is 0. The Balaban J connectivity index is -0.000000180. The maximum Gasteiger partial charge on any atom is 0.505 e. The Morgan fingerprint density at radius 2 is 1.53 bits per heavy atom. The van der Waals surface area contributed by atoms with E-state index in [1.165, 1.54) is 6.92 Å². The molecular weight excluding hydrogens is 302 g/mol. The lowest BCUT2D eigenvalue weighted by molar-refractivity contribution is -0.132. The maximum atomic E-state index is 9.80. The molecule has 0 atom stereocenters. The summed E-state index contributed by atoms with van der Waals surface area (Å²) in [5.41, 5.74) is 0.176. The largest absolute Gasteiger partial charge is 0.505 e.